The monoisotopic (exact) mass is 269 g/mol. The Morgan fingerprint density at radius 1 is 1.26 bits per heavy atom. The number of benzene rings is 1. The van der Waals surface area contributed by atoms with Crippen molar-refractivity contribution >= 4 is 17.5 Å². The fourth-order valence-corrected chi connectivity index (χ4v) is 1.88. The first-order valence-electron chi connectivity index (χ1n) is 6.08. The molecule has 0 bridgehead atoms. The van der Waals surface area contributed by atoms with E-state index in [9.17, 15) is 0 Å². The van der Waals surface area contributed by atoms with Gasteiger partial charge >= 0.3 is 0 Å². The van der Waals surface area contributed by atoms with E-state index in [1.807, 2.05) is 48.7 Å². The van der Waals surface area contributed by atoms with Gasteiger partial charge < -0.3 is 0 Å². The standard InChI is InChI=1S/C17H19NS/c1-5-14(3)12-13-18-17(15(4)19-6-2)16-10-8-7-9-11-16/h5-14H,1-2,4H2,3H3/b13-12-,18-17+. The van der Waals surface area contributed by atoms with Gasteiger partial charge in [0, 0.05) is 16.7 Å². The van der Waals surface area contributed by atoms with E-state index in [-0.39, 0.29) is 0 Å². The summed E-state index contributed by atoms with van der Waals surface area (Å²) >= 11 is 1.48. The minimum Gasteiger partial charge on any atom is -0.255 e. The van der Waals surface area contributed by atoms with Crippen molar-refractivity contribution in [2.75, 3.05) is 0 Å². The van der Waals surface area contributed by atoms with E-state index in [0.29, 0.717) is 5.92 Å². The molecule has 0 amide bonds. The third-order valence-corrected chi connectivity index (χ3v) is 3.15. The van der Waals surface area contributed by atoms with Gasteiger partial charge in [-0.05, 0) is 11.3 Å². The van der Waals surface area contributed by atoms with E-state index >= 15 is 0 Å². The first-order valence-corrected chi connectivity index (χ1v) is 6.96. The molecule has 1 nitrogen and oxygen atoms in total. The summed E-state index contributed by atoms with van der Waals surface area (Å²) in [6, 6.07) is 10.0. The average molecular weight is 269 g/mol. The molecule has 0 N–H and O–H groups in total. The number of nitrogens with zero attached hydrogens (tertiary/aromatic N) is 1. The molecule has 0 aromatic heterocycles. The van der Waals surface area contributed by atoms with Crippen LogP contribution in [-0.4, -0.2) is 5.71 Å². The molecule has 1 atom stereocenters. The zero-order valence-corrected chi connectivity index (χ0v) is 12.1. The average Bonchev–Trinajstić information content (AvgIpc) is 2.44. The Morgan fingerprint density at radius 2 is 1.95 bits per heavy atom. The highest BCUT2D eigenvalue weighted by molar-refractivity contribution is 8.06. The van der Waals surface area contributed by atoms with Crippen molar-refractivity contribution in [3.63, 3.8) is 0 Å². The van der Waals surface area contributed by atoms with Gasteiger partial charge in [-0.1, -0.05) is 74.3 Å². The number of aliphatic imine (C=N–C) groups is 1. The second kappa shape index (κ2) is 8.33. The van der Waals surface area contributed by atoms with Crippen molar-refractivity contribution in [2.24, 2.45) is 10.9 Å². The molecule has 1 rings (SSSR count). The second-order valence-electron chi connectivity index (χ2n) is 3.99. The Bertz CT molecular complexity index is 497. The number of thioether (sulfide) groups is 1. The van der Waals surface area contributed by atoms with Gasteiger partial charge in [0.25, 0.3) is 0 Å². The van der Waals surface area contributed by atoms with Gasteiger partial charge in [0.05, 0.1) is 5.71 Å². The molecule has 2 heteroatoms. The lowest BCUT2D eigenvalue weighted by Crippen LogP contribution is -2.00. The van der Waals surface area contributed by atoms with Crippen LogP contribution in [-0.2, 0) is 0 Å². The molecule has 0 saturated carbocycles. The molecule has 1 aromatic rings. The Kier molecular flexibility index (Phi) is 6.69. The van der Waals surface area contributed by atoms with Gasteiger partial charge in [-0.3, -0.25) is 4.99 Å². The molecule has 0 aliphatic carbocycles. The topological polar surface area (TPSA) is 12.4 Å². The van der Waals surface area contributed by atoms with E-state index in [1.54, 1.807) is 5.41 Å². The van der Waals surface area contributed by atoms with Crippen LogP contribution in [0, 0.1) is 5.92 Å². The maximum absolute atomic E-state index is 4.52. The maximum Gasteiger partial charge on any atom is 0.0834 e. The van der Waals surface area contributed by atoms with Crippen molar-refractivity contribution in [1.29, 1.82) is 0 Å². The van der Waals surface area contributed by atoms with Crippen LogP contribution in [0.25, 0.3) is 0 Å². The third-order valence-electron chi connectivity index (χ3n) is 2.50. The normalized spacial score (nSPS) is 13.2. The summed E-state index contributed by atoms with van der Waals surface area (Å²) < 4.78 is 0. The largest absolute Gasteiger partial charge is 0.255 e. The second-order valence-corrected chi connectivity index (χ2v) is 5.05. The predicted octanol–water partition coefficient (Wildman–Crippen LogP) is 5.20. The minimum absolute atomic E-state index is 0.307. The maximum atomic E-state index is 4.52. The summed E-state index contributed by atoms with van der Waals surface area (Å²) in [6.07, 6.45) is 5.69. The molecule has 0 radical (unpaired) electrons. The molecule has 0 heterocycles. The van der Waals surface area contributed by atoms with E-state index in [2.05, 4.69) is 31.7 Å². The van der Waals surface area contributed by atoms with Gasteiger partial charge in [0.1, 0.15) is 0 Å². The Hall–Kier alpha value is -1.80. The lowest BCUT2D eigenvalue weighted by molar-refractivity contribution is 0.940. The van der Waals surface area contributed by atoms with E-state index in [4.69, 9.17) is 0 Å². The summed E-state index contributed by atoms with van der Waals surface area (Å²) in [5.74, 6) is 0.307. The van der Waals surface area contributed by atoms with Crippen LogP contribution in [0.1, 0.15) is 12.5 Å². The summed E-state index contributed by atoms with van der Waals surface area (Å²) in [5, 5.41) is 1.76. The molecule has 1 unspecified atom stereocenters. The first-order chi connectivity index (χ1) is 9.19. The molecular weight excluding hydrogens is 250 g/mol. The number of hydrogen-bond donors (Lipinski definition) is 0. The molecule has 1 aromatic carbocycles. The summed E-state index contributed by atoms with van der Waals surface area (Å²) in [7, 11) is 0. The van der Waals surface area contributed by atoms with Crippen molar-refractivity contribution in [3.8, 4) is 0 Å². The summed E-state index contributed by atoms with van der Waals surface area (Å²) in [6.45, 7) is 13.6. The Labute approximate surface area is 120 Å². The highest BCUT2D eigenvalue weighted by Gasteiger charge is 2.06. The van der Waals surface area contributed by atoms with Crippen molar-refractivity contribution in [3.05, 3.63) is 84.3 Å². The third kappa shape index (κ3) is 5.14. The highest BCUT2D eigenvalue weighted by Crippen LogP contribution is 2.20. The molecular formula is C17H19NS. The van der Waals surface area contributed by atoms with Gasteiger partial charge in [-0.25, -0.2) is 0 Å². The molecule has 0 saturated heterocycles. The zero-order valence-electron chi connectivity index (χ0n) is 11.3. The molecule has 0 aliphatic rings. The van der Waals surface area contributed by atoms with Crippen LogP contribution in [0.4, 0.5) is 0 Å². The summed E-state index contributed by atoms with van der Waals surface area (Å²) in [5.41, 5.74) is 1.93. The highest BCUT2D eigenvalue weighted by atomic mass is 32.2. The first kappa shape index (κ1) is 15.3. The Balaban J connectivity index is 3.02. The van der Waals surface area contributed by atoms with Gasteiger partial charge in [-0.2, -0.15) is 0 Å². The molecule has 0 aliphatic heterocycles. The van der Waals surface area contributed by atoms with E-state index in [1.165, 1.54) is 11.8 Å². The number of rotatable bonds is 7. The van der Waals surface area contributed by atoms with Crippen LogP contribution >= 0.6 is 11.8 Å². The molecule has 98 valence electrons. The van der Waals surface area contributed by atoms with Gasteiger partial charge in [0.2, 0.25) is 0 Å². The fraction of sp³-hybridized carbons (Fsp3) is 0.118. The Morgan fingerprint density at radius 3 is 2.53 bits per heavy atom. The lowest BCUT2D eigenvalue weighted by atomic mass is 10.1. The quantitative estimate of drug-likeness (QED) is 0.489. The van der Waals surface area contributed by atoms with Crippen molar-refractivity contribution in [2.45, 2.75) is 6.92 Å². The van der Waals surface area contributed by atoms with Crippen LogP contribution in [0.2, 0.25) is 0 Å². The smallest absolute Gasteiger partial charge is 0.0834 e. The van der Waals surface area contributed by atoms with Crippen LogP contribution in [0.15, 0.2) is 83.7 Å². The van der Waals surface area contributed by atoms with E-state index in [0.717, 1.165) is 16.2 Å². The number of allylic oxidation sites excluding steroid dienone is 3. The molecule has 19 heavy (non-hydrogen) atoms. The van der Waals surface area contributed by atoms with E-state index < -0.39 is 0 Å². The fourth-order valence-electron chi connectivity index (χ4n) is 1.39. The van der Waals surface area contributed by atoms with Gasteiger partial charge in [-0.15, -0.1) is 6.58 Å². The van der Waals surface area contributed by atoms with Crippen molar-refractivity contribution in [1.82, 2.24) is 0 Å². The summed E-state index contributed by atoms with van der Waals surface area (Å²) in [4.78, 5) is 5.41. The zero-order chi connectivity index (χ0) is 14.1. The van der Waals surface area contributed by atoms with Crippen LogP contribution in [0.3, 0.4) is 0 Å². The molecule has 0 fully saturated rings. The van der Waals surface area contributed by atoms with Crippen molar-refractivity contribution < 1.29 is 0 Å². The number of hydrogen-bond acceptors (Lipinski definition) is 2. The lowest BCUT2D eigenvalue weighted by Gasteiger charge is -2.06. The van der Waals surface area contributed by atoms with Gasteiger partial charge in [0.15, 0.2) is 0 Å². The predicted molar refractivity (Wildman–Crippen MR) is 88.4 cm³/mol. The minimum atomic E-state index is 0.307. The van der Waals surface area contributed by atoms with Crippen LogP contribution < -0.4 is 0 Å². The molecule has 0 spiro atoms. The SMILES string of the molecule is C=CSC(=C)/C(=N\C=C/C(C)C=C)c1ccccc1. The van der Waals surface area contributed by atoms with Crippen LogP contribution in [0.5, 0.6) is 0 Å².